The van der Waals surface area contributed by atoms with Crippen molar-refractivity contribution >= 4 is 5.82 Å². The van der Waals surface area contributed by atoms with Crippen molar-refractivity contribution in [3.63, 3.8) is 0 Å². The summed E-state index contributed by atoms with van der Waals surface area (Å²) in [5.41, 5.74) is 0.358. The Balaban J connectivity index is 2.18. The quantitative estimate of drug-likeness (QED) is 0.676. The molecule has 2 rings (SSSR count). The number of aromatic nitrogens is 1. The summed E-state index contributed by atoms with van der Waals surface area (Å²) in [5, 5.41) is 2.95. The summed E-state index contributed by atoms with van der Waals surface area (Å²) < 4.78 is 57.7. The Morgan fingerprint density at radius 1 is 1.10 bits per heavy atom. The van der Waals surface area contributed by atoms with E-state index in [1.807, 2.05) is 6.92 Å². The lowest BCUT2D eigenvalue weighted by Crippen LogP contribution is -2.06. The van der Waals surface area contributed by atoms with E-state index >= 15 is 0 Å². The molecular formula is C14H12F4N2O. The molecule has 0 aliphatic heterocycles. The second kappa shape index (κ2) is 6.43. The van der Waals surface area contributed by atoms with Crippen molar-refractivity contribution in [1.82, 2.24) is 4.98 Å². The largest absolute Gasteiger partial charge is 0.481 e. The predicted octanol–water partition coefficient (Wildman–Crippen LogP) is 3.65. The van der Waals surface area contributed by atoms with Gasteiger partial charge in [-0.25, -0.2) is 13.8 Å². The molecule has 0 fully saturated rings. The smallest absolute Gasteiger partial charge is 0.203 e. The van der Waals surface area contributed by atoms with Gasteiger partial charge in [-0.3, -0.25) is 0 Å². The molecule has 2 aromatic rings. The average molecular weight is 300 g/mol. The molecule has 1 aromatic carbocycles. The van der Waals surface area contributed by atoms with E-state index in [-0.39, 0.29) is 12.7 Å². The zero-order valence-electron chi connectivity index (χ0n) is 11.1. The second-order valence-electron chi connectivity index (χ2n) is 4.13. The number of nitrogens with one attached hydrogen (secondary N) is 1. The lowest BCUT2D eigenvalue weighted by molar-refractivity contribution is 0.258. The molecule has 21 heavy (non-hydrogen) atoms. The first-order valence-corrected chi connectivity index (χ1v) is 6.18. The van der Waals surface area contributed by atoms with Gasteiger partial charge < -0.3 is 10.1 Å². The molecule has 1 heterocycles. The van der Waals surface area contributed by atoms with Crippen molar-refractivity contribution in [1.29, 1.82) is 0 Å². The van der Waals surface area contributed by atoms with Gasteiger partial charge in [0.25, 0.3) is 0 Å². The molecule has 0 spiro atoms. The van der Waals surface area contributed by atoms with Crippen LogP contribution >= 0.6 is 0 Å². The third kappa shape index (κ3) is 3.42. The van der Waals surface area contributed by atoms with Crippen LogP contribution in [-0.2, 0) is 6.61 Å². The van der Waals surface area contributed by atoms with Crippen LogP contribution in [0.15, 0.2) is 24.3 Å². The number of hydrogen-bond acceptors (Lipinski definition) is 3. The first-order chi connectivity index (χ1) is 10.0. The summed E-state index contributed by atoms with van der Waals surface area (Å²) >= 11 is 0. The summed E-state index contributed by atoms with van der Waals surface area (Å²) in [7, 11) is 0. The number of rotatable bonds is 5. The molecule has 0 atom stereocenters. The zero-order valence-corrected chi connectivity index (χ0v) is 11.1. The van der Waals surface area contributed by atoms with Crippen LogP contribution in [0.1, 0.15) is 12.6 Å². The summed E-state index contributed by atoms with van der Waals surface area (Å²) in [6.07, 6.45) is 0. The maximum Gasteiger partial charge on any atom is 0.203 e. The van der Waals surface area contributed by atoms with Crippen molar-refractivity contribution in [3.8, 4) is 5.75 Å². The Morgan fingerprint density at radius 2 is 1.76 bits per heavy atom. The topological polar surface area (TPSA) is 34.1 Å². The van der Waals surface area contributed by atoms with Crippen LogP contribution in [0.2, 0.25) is 0 Å². The van der Waals surface area contributed by atoms with Gasteiger partial charge in [-0.2, -0.15) is 8.78 Å². The van der Waals surface area contributed by atoms with E-state index in [1.165, 1.54) is 0 Å². The minimum absolute atomic E-state index is 0.127. The Morgan fingerprint density at radius 3 is 2.38 bits per heavy atom. The van der Waals surface area contributed by atoms with Gasteiger partial charge in [0, 0.05) is 12.6 Å². The maximum atomic E-state index is 13.4. The minimum Gasteiger partial charge on any atom is -0.481 e. The van der Waals surface area contributed by atoms with Crippen molar-refractivity contribution in [2.75, 3.05) is 11.9 Å². The van der Waals surface area contributed by atoms with Crippen LogP contribution in [0, 0.1) is 23.3 Å². The van der Waals surface area contributed by atoms with Gasteiger partial charge in [0.05, 0.1) is 5.69 Å². The molecule has 0 aliphatic carbocycles. The van der Waals surface area contributed by atoms with E-state index in [0.29, 0.717) is 18.1 Å². The molecule has 112 valence electrons. The number of benzene rings is 1. The summed E-state index contributed by atoms with van der Waals surface area (Å²) in [4.78, 5) is 4.11. The van der Waals surface area contributed by atoms with Crippen LogP contribution in [-0.4, -0.2) is 11.5 Å². The molecule has 0 saturated carbocycles. The highest BCUT2D eigenvalue weighted by atomic mass is 19.2. The molecule has 0 amide bonds. The molecule has 3 nitrogen and oxygen atoms in total. The highest BCUT2D eigenvalue weighted by Gasteiger charge is 2.20. The summed E-state index contributed by atoms with van der Waals surface area (Å²) in [5.74, 6) is -6.71. The number of hydrogen-bond donors (Lipinski definition) is 1. The van der Waals surface area contributed by atoms with Crippen LogP contribution < -0.4 is 10.1 Å². The highest BCUT2D eigenvalue weighted by molar-refractivity contribution is 5.35. The first kappa shape index (κ1) is 15.1. The Hall–Kier alpha value is -2.31. The fourth-order valence-electron chi connectivity index (χ4n) is 1.66. The van der Waals surface area contributed by atoms with Gasteiger partial charge in [-0.05, 0) is 19.1 Å². The molecule has 0 unspecified atom stereocenters. The molecule has 0 radical (unpaired) electrons. The fourth-order valence-corrected chi connectivity index (χ4v) is 1.66. The molecule has 0 aliphatic rings. The lowest BCUT2D eigenvalue weighted by atomic mass is 10.3. The molecule has 1 aromatic heterocycles. The van der Waals surface area contributed by atoms with Crippen molar-refractivity contribution in [3.05, 3.63) is 53.2 Å². The molecule has 1 N–H and O–H groups in total. The molecular weight excluding hydrogens is 288 g/mol. The lowest BCUT2D eigenvalue weighted by Gasteiger charge is -2.10. The number of pyridine rings is 1. The van der Waals surface area contributed by atoms with Gasteiger partial charge in [0.1, 0.15) is 12.4 Å². The predicted molar refractivity (Wildman–Crippen MR) is 69.0 cm³/mol. The number of halogens is 4. The summed E-state index contributed by atoms with van der Waals surface area (Å²) in [6.45, 7) is 2.21. The standard InChI is InChI=1S/C14H12F4N2O/c1-2-19-11-5-3-4-8(20-11)7-21-14-12(17)9(15)6-10(16)13(14)18/h3-6H,2,7H2,1H3,(H,19,20). The molecule has 0 bridgehead atoms. The minimum atomic E-state index is -1.57. The van der Waals surface area contributed by atoms with Crippen LogP contribution in [0.25, 0.3) is 0 Å². The number of anilines is 1. The second-order valence-corrected chi connectivity index (χ2v) is 4.13. The fraction of sp³-hybridized carbons (Fsp3) is 0.214. The Kier molecular flexibility index (Phi) is 4.62. The van der Waals surface area contributed by atoms with Gasteiger partial charge in [0.15, 0.2) is 17.4 Å². The molecule has 7 heteroatoms. The maximum absolute atomic E-state index is 13.4. The average Bonchev–Trinajstić information content (AvgIpc) is 2.46. The Labute approximate surface area is 118 Å². The zero-order chi connectivity index (χ0) is 15.4. The number of ether oxygens (including phenoxy) is 1. The first-order valence-electron chi connectivity index (χ1n) is 6.18. The van der Waals surface area contributed by atoms with Gasteiger partial charge in [-0.1, -0.05) is 6.07 Å². The van der Waals surface area contributed by atoms with E-state index < -0.39 is 29.0 Å². The molecule has 0 saturated heterocycles. The Bertz CT molecular complexity index is 623. The normalized spacial score (nSPS) is 10.5. The van der Waals surface area contributed by atoms with Crippen molar-refractivity contribution in [2.45, 2.75) is 13.5 Å². The van der Waals surface area contributed by atoms with Crippen LogP contribution in [0.4, 0.5) is 23.4 Å². The summed E-state index contributed by atoms with van der Waals surface area (Å²) in [6, 6.07) is 5.06. The van der Waals surface area contributed by atoms with E-state index in [0.717, 1.165) is 0 Å². The van der Waals surface area contributed by atoms with E-state index in [9.17, 15) is 17.6 Å². The van der Waals surface area contributed by atoms with E-state index in [2.05, 4.69) is 10.3 Å². The SMILES string of the molecule is CCNc1cccc(COc2c(F)c(F)cc(F)c2F)n1. The van der Waals surface area contributed by atoms with Crippen molar-refractivity contribution in [2.24, 2.45) is 0 Å². The monoisotopic (exact) mass is 300 g/mol. The van der Waals surface area contributed by atoms with Gasteiger partial charge in [0.2, 0.25) is 11.6 Å². The highest BCUT2D eigenvalue weighted by Crippen LogP contribution is 2.27. The van der Waals surface area contributed by atoms with Gasteiger partial charge in [-0.15, -0.1) is 0 Å². The van der Waals surface area contributed by atoms with E-state index in [4.69, 9.17) is 4.74 Å². The van der Waals surface area contributed by atoms with Crippen molar-refractivity contribution < 1.29 is 22.3 Å². The number of nitrogens with zero attached hydrogens (tertiary/aromatic N) is 1. The third-order valence-corrected chi connectivity index (χ3v) is 2.60. The van der Waals surface area contributed by atoms with Gasteiger partial charge >= 0.3 is 0 Å². The van der Waals surface area contributed by atoms with Crippen LogP contribution in [0.3, 0.4) is 0 Å². The third-order valence-electron chi connectivity index (χ3n) is 2.60. The van der Waals surface area contributed by atoms with Crippen LogP contribution in [0.5, 0.6) is 5.75 Å². The van der Waals surface area contributed by atoms with E-state index in [1.54, 1.807) is 18.2 Å².